The highest BCUT2D eigenvalue weighted by Gasteiger charge is 2.22. The molecule has 1 fully saturated rings. The normalized spacial score (nSPS) is 33.5. The molecular formula is C9H16N2S2. The van der Waals surface area contributed by atoms with Crippen molar-refractivity contribution in [3.63, 3.8) is 0 Å². The molecule has 0 bridgehead atoms. The van der Waals surface area contributed by atoms with E-state index in [0.29, 0.717) is 6.04 Å². The third-order valence-corrected chi connectivity index (χ3v) is 4.88. The van der Waals surface area contributed by atoms with E-state index in [1.54, 1.807) is 0 Å². The van der Waals surface area contributed by atoms with Gasteiger partial charge in [-0.2, -0.15) is 11.8 Å². The topological polar surface area (TPSA) is 24.4 Å². The number of amidine groups is 1. The summed E-state index contributed by atoms with van der Waals surface area (Å²) < 4.78 is 0. The summed E-state index contributed by atoms with van der Waals surface area (Å²) in [7, 11) is 0. The third kappa shape index (κ3) is 2.56. The lowest BCUT2D eigenvalue weighted by atomic mass is 10.3. The molecule has 0 spiro atoms. The van der Waals surface area contributed by atoms with Crippen LogP contribution < -0.4 is 5.32 Å². The van der Waals surface area contributed by atoms with E-state index in [-0.39, 0.29) is 0 Å². The second-order valence-corrected chi connectivity index (χ2v) is 5.94. The summed E-state index contributed by atoms with van der Waals surface area (Å²) in [6, 6.07) is 0.687. The van der Waals surface area contributed by atoms with E-state index in [1.165, 1.54) is 29.5 Å². The minimum Gasteiger partial charge on any atom is -0.361 e. The van der Waals surface area contributed by atoms with Crippen LogP contribution in [0.1, 0.15) is 19.8 Å². The Morgan fingerprint density at radius 1 is 1.62 bits per heavy atom. The maximum Gasteiger partial charge on any atom is 0.157 e. The molecule has 2 heterocycles. The Bertz CT molecular complexity index is 200. The van der Waals surface area contributed by atoms with Crippen molar-refractivity contribution in [3.8, 4) is 0 Å². The third-order valence-electron chi connectivity index (χ3n) is 2.43. The molecule has 2 rings (SSSR count). The molecule has 0 amide bonds. The summed E-state index contributed by atoms with van der Waals surface area (Å²) in [6.45, 7) is 3.25. The Labute approximate surface area is 88.3 Å². The standard InChI is InChI=1S/C9H16N2S2/c1-2-8-5-10-9(13-8)11-7-3-4-12-6-7/h7-8H,2-6H2,1H3,(H,10,11). The zero-order valence-electron chi connectivity index (χ0n) is 7.95. The Morgan fingerprint density at radius 2 is 2.54 bits per heavy atom. The van der Waals surface area contributed by atoms with Crippen LogP contribution in [0.4, 0.5) is 0 Å². The van der Waals surface area contributed by atoms with Crippen LogP contribution in [0.25, 0.3) is 0 Å². The molecule has 0 aromatic rings. The lowest BCUT2D eigenvalue weighted by Gasteiger charge is -2.12. The van der Waals surface area contributed by atoms with Crippen molar-refractivity contribution in [3.05, 3.63) is 0 Å². The molecule has 0 aliphatic carbocycles. The van der Waals surface area contributed by atoms with Gasteiger partial charge in [-0.25, -0.2) is 0 Å². The van der Waals surface area contributed by atoms with Gasteiger partial charge in [-0.1, -0.05) is 18.7 Å². The number of thioether (sulfide) groups is 2. The molecule has 2 aliphatic heterocycles. The van der Waals surface area contributed by atoms with Crippen LogP contribution in [0.15, 0.2) is 4.99 Å². The highest BCUT2D eigenvalue weighted by molar-refractivity contribution is 8.14. The van der Waals surface area contributed by atoms with Crippen molar-refractivity contribution in [2.45, 2.75) is 31.1 Å². The predicted octanol–water partition coefficient (Wildman–Crippen LogP) is 1.96. The van der Waals surface area contributed by atoms with Gasteiger partial charge in [0.25, 0.3) is 0 Å². The number of nitrogens with zero attached hydrogens (tertiary/aromatic N) is 1. The van der Waals surface area contributed by atoms with E-state index in [0.717, 1.165) is 11.8 Å². The summed E-state index contributed by atoms with van der Waals surface area (Å²) in [5.41, 5.74) is 0. The first kappa shape index (κ1) is 9.71. The first-order chi connectivity index (χ1) is 6.38. The molecule has 0 aromatic carbocycles. The van der Waals surface area contributed by atoms with Gasteiger partial charge in [0.1, 0.15) is 0 Å². The van der Waals surface area contributed by atoms with Crippen molar-refractivity contribution in [1.82, 2.24) is 5.32 Å². The molecule has 74 valence electrons. The molecule has 4 heteroatoms. The molecule has 0 aromatic heterocycles. The second-order valence-electron chi connectivity index (χ2n) is 3.50. The van der Waals surface area contributed by atoms with Gasteiger partial charge in [0.2, 0.25) is 0 Å². The van der Waals surface area contributed by atoms with Crippen LogP contribution in [0, 0.1) is 0 Å². The summed E-state index contributed by atoms with van der Waals surface area (Å²) in [6.07, 6.45) is 2.54. The number of nitrogens with one attached hydrogen (secondary N) is 1. The largest absolute Gasteiger partial charge is 0.361 e. The van der Waals surface area contributed by atoms with Gasteiger partial charge < -0.3 is 5.32 Å². The van der Waals surface area contributed by atoms with Gasteiger partial charge >= 0.3 is 0 Å². The minimum absolute atomic E-state index is 0.687. The second kappa shape index (κ2) is 4.60. The number of hydrogen-bond donors (Lipinski definition) is 1. The van der Waals surface area contributed by atoms with Crippen LogP contribution in [-0.2, 0) is 0 Å². The highest BCUT2D eigenvalue weighted by atomic mass is 32.2. The fraction of sp³-hybridized carbons (Fsp3) is 0.889. The van der Waals surface area contributed by atoms with Gasteiger partial charge in [-0.15, -0.1) is 0 Å². The smallest absolute Gasteiger partial charge is 0.157 e. The van der Waals surface area contributed by atoms with Crippen LogP contribution in [0.2, 0.25) is 0 Å². The van der Waals surface area contributed by atoms with Gasteiger partial charge in [0.05, 0.1) is 6.54 Å². The molecule has 2 aliphatic rings. The average Bonchev–Trinajstić information content (AvgIpc) is 2.76. The molecular weight excluding hydrogens is 200 g/mol. The van der Waals surface area contributed by atoms with E-state index in [9.17, 15) is 0 Å². The van der Waals surface area contributed by atoms with E-state index in [4.69, 9.17) is 0 Å². The number of aliphatic imine (C=N–C) groups is 1. The van der Waals surface area contributed by atoms with Crippen LogP contribution in [0.3, 0.4) is 0 Å². The summed E-state index contributed by atoms with van der Waals surface area (Å²) in [5, 5.41) is 5.46. The predicted molar refractivity (Wildman–Crippen MR) is 62.8 cm³/mol. The molecule has 0 radical (unpaired) electrons. The Balaban J connectivity index is 1.76. The number of hydrogen-bond acceptors (Lipinski definition) is 4. The van der Waals surface area contributed by atoms with E-state index < -0.39 is 0 Å². The molecule has 13 heavy (non-hydrogen) atoms. The average molecular weight is 216 g/mol. The summed E-state index contributed by atoms with van der Waals surface area (Å²) >= 11 is 3.97. The monoisotopic (exact) mass is 216 g/mol. The molecule has 0 saturated carbocycles. The lowest BCUT2D eigenvalue weighted by Crippen LogP contribution is -2.32. The molecule has 2 nitrogen and oxygen atoms in total. The van der Waals surface area contributed by atoms with E-state index in [2.05, 4.69) is 17.2 Å². The van der Waals surface area contributed by atoms with E-state index >= 15 is 0 Å². The molecule has 2 unspecified atom stereocenters. The van der Waals surface area contributed by atoms with Crippen LogP contribution in [-0.4, -0.2) is 34.5 Å². The fourth-order valence-corrected chi connectivity index (χ4v) is 3.70. The zero-order valence-corrected chi connectivity index (χ0v) is 9.59. The van der Waals surface area contributed by atoms with Crippen molar-refractivity contribution in [1.29, 1.82) is 0 Å². The van der Waals surface area contributed by atoms with Gasteiger partial charge in [0.15, 0.2) is 5.17 Å². The zero-order chi connectivity index (χ0) is 9.10. The maximum absolute atomic E-state index is 4.51. The Kier molecular flexibility index (Phi) is 3.44. The summed E-state index contributed by atoms with van der Waals surface area (Å²) in [4.78, 5) is 4.51. The van der Waals surface area contributed by atoms with Gasteiger partial charge in [-0.3, -0.25) is 4.99 Å². The summed E-state index contributed by atoms with van der Waals surface area (Å²) in [5.74, 6) is 2.57. The van der Waals surface area contributed by atoms with Crippen molar-refractivity contribution in [2.75, 3.05) is 18.1 Å². The Hall–Kier alpha value is 0.170. The van der Waals surface area contributed by atoms with Crippen molar-refractivity contribution < 1.29 is 0 Å². The van der Waals surface area contributed by atoms with Crippen molar-refractivity contribution in [2.24, 2.45) is 4.99 Å². The maximum atomic E-state index is 4.51. The number of rotatable bonds is 2. The first-order valence-corrected chi connectivity index (χ1v) is 6.97. The highest BCUT2D eigenvalue weighted by Crippen LogP contribution is 2.24. The molecule has 1 N–H and O–H groups in total. The van der Waals surface area contributed by atoms with Gasteiger partial charge in [-0.05, 0) is 18.6 Å². The molecule has 2 atom stereocenters. The fourth-order valence-electron chi connectivity index (χ4n) is 1.53. The quantitative estimate of drug-likeness (QED) is 0.763. The lowest BCUT2D eigenvalue weighted by molar-refractivity contribution is 0.683. The minimum atomic E-state index is 0.687. The van der Waals surface area contributed by atoms with E-state index in [1.807, 2.05) is 23.5 Å². The van der Waals surface area contributed by atoms with Crippen LogP contribution >= 0.6 is 23.5 Å². The van der Waals surface area contributed by atoms with Crippen LogP contribution in [0.5, 0.6) is 0 Å². The van der Waals surface area contributed by atoms with Crippen molar-refractivity contribution >= 4 is 28.7 Å². The Morgan fingerprint density at radius 3 is 3.15 bits per heavy atom. The first-order valence-electron chi connectivity index (χ1n) is 4.94. The van der Waals surface area contributed by atoms with Gasteiger partial charge in [0, 0.05) is 17.0 Å². The molecule has 1 saturated heterocycles. The SMILES string of the molecule is CCC1CN=C(NC2CCSC2)S1.